The van der Waals surface area contributed by atoms with Crippen molar-refractivity contribution in [2.45, 2.75) is 71.0 Å². The largest absolute Gasteiger partial charge is 0.338 e. The summed E-state index contributed by atoms with van der Waals surface area (Å²) in [7, 11) is 0. The van der Waals surface area contributed by atoms with E-state index in [4.69, 9.17) is 0 Å². The third-order valence-electron chi connectivity index (χ3n) is 9.29. The Morgan fingerprint density at radius 2 is 1.76 bits per heavy atom. The second kappa shape index (κ2) is 11.2. The maximum absolute atomic E-state index is 13.3. The van der Waals surface area contributed by atoms with Crippen LogP contribution < -0.4 is 5.32 Å². The van der Waals surface area contributed by atoms with Gasteiger partial charge < -0.3 is 10.2 Å². The highest BCUT2D eigenvalue weighted by molar-refractivity contribution is 5.96. The van der Waals surface area contributed by atoms with Crippen molar-refractivity contribution < 1.29 is 4.79 Å². The Morgan fingerprint density at radius 1 is 1.05 bits per heavy atom. The van der Waals surface area contributed by atoms with E-state index in [1.165, 1.54) is 18.4 Å². The molecule has 5 rings (SSSR count). The lowest BCUT2D eigenvalue weighted by Crippen LogP contribution is -2.63. The number of piperidine rings is 2. The normalized spacial score (nSPS) is 26.1. The molecule has 7 heteroatoms. The van der Waals surface area contributed by atoms with Gasteiger partial charge in [-0.3, -0.25) is 14.6 Å². The van der Waals surface area contributed by atoms with E-state index in [-0.39, 0.29) is 11.4 Å². The van der Waals surface area contributed by atoms with Crippen molar-refractivity contribution >= 4 is 5.91 Å². The molecular weight excluding hydrogens is 460 g/mol. The minimum absolute atomic E-state index is 0.0858. The predicted molar refractivity (Wildman–Crippen MR) is 148 cm³/mol. The van der Waals surface area contributed by atoms with Gasteiger partial charge in [-0.15, -0.1) is 0 Å². The van der Waals surface area contributed by atoms with Gasteiger partial charge in [0.05, 0.1) is 17.0 Å². The first-order chi connectivity index (χ1) is 17.9. The number of hydrogen-bond donors (Lipinski definition) is 1. The lowest BCUT2D eigenvalue weighted by molar-refractivity contribution is -0.0403. The fourth-order valence-electron chi connectivity index (χ4n) is 6.98. The van der Waals surface area contributed by atoms with Crippen LogP contribution in [0.5, 0.6) is 0 Å². The van der Waals surface area contributed by atoms with Gasteiger partial charge in [0.15, 0.2) is 0 Å². The van der Waals surface area contributed by atoms with E-state index in [1.54, 1.807) is 6.33 Å². The summed E-state index contributed by atoms with van der Waals surface area (Å²) in [6.45, 7) is 15.7. The van der Waals surface area contributed by atoms with Crippen molar-refractivity contribution in [1.29, 1.82) is 0 Å². The molecule has 200 valence electrons. The molecule has 3 saturated heterocycles. The van der Waals surface area contributed by atoms with Crippen molar-refractivity contribution in [3.05, 3.63) is 59.2 Å². The molecule has 37 heavy (non-hydrogen) atoms. The average molecular weight is 505 g/mol. The van der Waals surface area contributed by atoms with Crippen molar-refractivity contribution in [3.63, 3.8) is 0 Å². The summed E-state index contributed by atoms with van der Waals surface area (Å²) in [6.07, 6.45) is 6.12. The Bertz CT molecular complexity index is 1040. The molecule has 0 aliphatic carbocycles. The van der Waals surface area contributed by atoms with Crippen LogP contribution in [0.25, 0.3) is 0 Å². The van der Waals surface area contributed by atoms with Crippen LogP contribution in [0, 0.1) is 19.8 Å². The summed E-state index contributed by atoms with van der Waals surface area (Å²) in [5, 5.41) is 3.66. The van der Waals surface area contributed by atoms with Gasteiger partial charge in [0.2, 0.25) is 0 Å². The summed E-state index contributed by atoms with van der Waals surface area (Å²) in [5.74, 6) is 0.742. The van der Waals surface area contributed by atoms with Crippen molar-refractivity contribution in [1.82, 2.24) is 30.0 Å². The number of carbonyl (C=O) groups excluding carboxylic acids is 1. The topological polar surface area (TPSA) is 64.6 Å². The number of aromatic nitrogens is 2. The lowest BCUT2D eigenvalue weighted by atomic mass is 9.83. The lowest BCUT2D eigenvalue weighted by Gasteiger charge is -2.54. The molecule has 3 aliphatic rings. The third-order valence-corrected chi connectivity index (χ3v) is 9.29. The second-order valence-corrected chi connectivity index (χ2v) is 11.7. The van der Waals surface area contributed by atoms with Gasteiger partial charge in [0.25, 0.3) is 5.91 Å². The second-order valence-electron chi connectivity index (χ2n) is 11.7. The molecule has 3 atom stereocenters. The SMILES string of the molecule is Cc1ncnc(C)c1C(=O)N1CCC(C)(N2CCN([C@@H](c3ccccc3)C3CCCNC3)[C@@H](C)C2)CC1. The van der Waals surface area contributed by atoms with Crippen molar-refractivity contribution in [3.8, 4) is 0 Å². The van der Waals surface area contributed by atoms with E-state index in [9.17, 15) is 4.79 Å². The summed E-state index contributed by atoms with van der Waals surface area (Å²) in [5.41, 5.74) is 3.82. The van der Waals surface area contributed by atoms with E-state index in [0.29, 0.717) is 23.6 Å². The first kappa shape index (κ1) is 26.3. The zero-order chi connectivity index (χ0) is 26.0. The number of likely N-dealkylation sites (tertiary alicyclic amines) is 1. The standard InChI is InChI=1S/C30H44N6O/c1-22-20-35(17-18-36(22)28(25-9-6-5-7-10-25)26-11-8-14-31-19-26)30(4)12-15-34(16-13-30)29(37)27-23(2)32-21-33-24(27)3/h5-7,9-10,21-22,26,28,31H,8,11-20H2,1-4H3/t22-,26?,28-/m0/s1. The average Bonchev–Trinajstić information content (AvgIpc) is 2.91. The Kier molecular flexibility index (Phi) is 7.93. The molecule has 0 spiro atoms. The van der Waals surface area contributed by atoms with E-state index < -0.39 is 0 Å². The molecule has 0 bridgehead atoms. The van der Waals surface area contributed by atoms with Gasteiger partial charge in [0, 0.05) is 50.3 Å². The molecular formula is C30H44N6O. The summed E-state index contributed by atoms with van der Waals surface area (Å²) in [6, 6.07) is 12.1. The van der Waals surface area contributed by atoms with Gasteiger partial charge in [-0.05, 0) is 77.9 Å². The Labute approximate surface area is 222 Å². The van der Waals surface area contributed by atoms with Crippen LogP contribution in [0.3, 0.4) is 0 Å². The van der Waals surface area contributed by atoms with E-state index in [2.05, 4.69) is 69.3 Å². The summed E-state index contributed by atoms with van der Waals surface area (Å²) in [4.78, 5) is 29.4. The molecule has 3 aliphatic heterocycles. The van der Waals surface area contributed by atoms with E-state index in [1.807, 2.05) is 18.7 Å². The predicted octanol–water partition coefficient (Wildman–Crippen LogP) is 3.84. The van der Waals surface area contributed by atoms with Gasteiger partial charge in [-0.1, -0.05) is 30.3 Å². The van der Waals surface area contributed by atoms with Crippen LogP contribution in [-0.4, -0.2) is 88.0 Å². The quantitative estimate of drug-likeness (QED) is 0.668. The smallest absolute Gasteiger partial charge is 0.257 e. The first-order valence-electron chi connectivity index (χ1n) is 14.2. The zero-order valence-corrected chi connectivity index (χ0v) is 23.1. The third kappa shape index (κ3) is 5.45. The van der Waals surface area contributed by atoms with Gasteiger partial charge >= 0.3 is 0 Å². The number of carbonyl (C=O) groups is 1. The van der Waals surface area contributed by atoms with Crippen LogP contribution in [0.1, 0.15) is 72.9 Å². The molecule has 7 nitrogen and oxygen atoms in total. The summed E-state index contributed by atoms with van der Waals surface area (Å²) < 4.78 is 0. The molecule has 1 aromatic carbocycles. The van der Waals surface area contributed by atoms with Crippen LogP contribution in [0.4, 0.5) is 0 Å². The number of piperazine rings is 1. The molecule has 2 aromatic rings. The minimum atomic E-state index is 0.0858. The number of benzene rings is 1. The fraction of sp³-hybridized carbons (Fsp3) is 0.633. The first-order valence-corrected chi connectivity index (χ1v) is 14.2. The van der Waals surface area contributed by atoms with Crippen LogP contribution in [0.15, 0.2) is 36.7 Å². The minimum Gasteiger partial charge on any atom is -0.338 e. The van der Waals surface area contributed by atoms with E-state index in [0.717, 1.165) is 70.0 Å². The Hall–Kier alpha value is -2.35. The van der Waals surface area contributed by atoms with E-state index >= 15 is 0 Å². The summed E-state index contributed by atoms with van der Waals surface area (Å²) >= 11 is 0. The molecule has 1 unspecified atom stereocenters. The number of rotatable bonds is 5. The number of aryl methyl sites for hydroxylation is 2. The van der Waals surface area contributed by atoms with Crippen LogP contribution >= 0.6 is 0 Å². The highest BCUT2D eigenvalue weighted by Gasteiger charge is 2.42. The van der Waals surface area contributed by atoms with Gasteiger partial charge in [0.1, 0.15) is 6.33 Å². The van der Waals surface area contributed by atoms with Crippen LogP contribution in [-0.2, 0) is 0 Å². The molecule has 4 heterocycles. The highest BCUT2D eigenvalue weighted by atomic mass is 16.2. The Balaban J connectivity index is 1.24. The molecule has 1 N–H and O–H groups in total. The molecule has 0 radical (unpaired) electrons. The number of nitrogens with zero attached hydrogens (tertiary/aromatic N) is 5. The molecule has 1 amide bonds. The number of amides is 1. The monoisotopic (exact) mass is 504 g/mol. The molecule has 3 fully saturated rings. The van der Waals surface area contributed by atoms with Crippen molar-refractivity contribution in [2.75, 3.05) is 45.8 Å². The molecule has 1 aromatic heterocycles. The molecule has 0 saturated carbocycles. The maximum atomic E-state index is 13.3. The zero-order valence-electron chi connectivity index (χ0n) is 23.1. The fourth-order valence-corrected chi connectivity index (χ4v) is 6.98. The maximum Gasteiger partial charge on any atom is 0.257 e. The van der Waals surface area contributed by atoms with Gasteiger partial charge in [-0.2, -0.15) is 0 Å². The van der Waals surface area contributed by atoms with Gasteiger partial charge in [-0.25, -0.2) is 9.97 Å². The van der Waals surface area contributed by atoms with Crippen molar-refractivity contribution in [2.24, 2.45) is 5.92 Å². The highest BCUT2D eigenvalue weighted by Crippen LogP contribution is 2.38. The number of nitrogens with one attached hydrogen (secondary N) is 1. The Morgan fingerprint density at radius 3 is 2.38 bits per heavy atom. The van der Waals surface area contributed by atoms with Crippen LogP contribution in [0.2, 0.25) is 0 Å². The number of hydrogen-bond acceptors (Lipinski definition) is 6.